The van der Waals surface area contributed by atoms with Crippen molar-refractivity contribution >= 4 is 12.7 Å². The predicted octanol–water partition coefficient (Wildman–Crippen LogP) is 5.83. The smallest absolute Gasteiger partial charge is 0.398 e. The lowest BCUT2D eigenvalue weighted by Gasteiger charge is -2.32. The summed E-state index contributed by atoms with van der Waals surface area (Å²) in [6.45, 7) is 9.50. The highest BCUT2D eigenvalue weighted by molar-refractivity contribution is 6.55. The number of halogens is 4. The fraction of sp³-hybridized carbons (Fsp3) is 0.600. The molecule has 0 saturated carbocycles. The molecule has 0 radical (unpaired) electrons. The first-order chi connectivity index (χ1) is 12.9. The molecule has 3 nitrogen and oxygen atoms in total. The van der Waals surface area contributed by atoms with E-state index in [0.29, 0.717) is 6.61 Å². The Morgan fingerprint density at radius 3 is 2.14 bits per heavy atom. The molecule has 8 heteroatoms. The summed E-state index contributed by atoms with van der Waals surface area (Å²) < 4.78 is 72.7. The van der Waals surface area contributed by atoms with E-state index < -0.39 is 35.8 Å². The number of ether oxygens (including phenoxy) is 1. The zero-order chi connectivity index (χ0) is 21.2. The molecule has 1 saturated heterocycles. The van der Waals surface area contributed by atoms with Crippen molar-refractivity contribution in [3.05, 3.63) is 41.1 Å². The summed E-state index contributed by atoms with van der Waals surface area (Å²) in [5, 5.41) is 0. The van der Waals surface area contributed by atoms with Gasteiger partial charge in [-0.1, -0.05) is 25.1 Å². The van der Waals surface area contributed by atoms with Crippen LogP contribution in [0.1, 0.15) is 58.6 Å². The summed E-state index contributed by atoms with van der Waals surface area (Å²) in [6.07, 6.45) is -3.87. The second kappa shape index (κ2) is 8.55. The Bertz CT molecular complexity index is 698. The third-order valence-corrected chi connectivity index (χ3v) is 5.15. The van der Waals surface area contributed by atoms with E-state index in [1.165, 1.54) is 18.2 Å². The van der Waals surface area contributed by atoms with Crippen molar-refractivity contribution in [2.75, 3.05) is 13.2 Å². The highest BCUT2D eigenvalue weighted by Crippen LogP contribution is 2.42. The largest absolute Gasteiger partial charge is 0.525 e. The van der Waals surface area contributed by atoms with E-state index in [0.717, 1.165) is 12.5 Å². The molecule has 0 aromatic heterocycles. The van der Waals surface area contributed by atoms with Crippen LogP contribution >= 0.6 is 0 Å². The summed E-state index contributed by atoms with van der Waals surface area (Å²) in [7, 11) is -1.37. The Balaban J connectivity index is 2.47. The minimum Gasteiger partial charge on any atom is -0.398 e. The first-order valence-corrected chi connectivity index (χ1v) is 9.39. The van der Waals surface area contributed by atoms with Crippen LogP contribution in [0, 0.1) is 0 Å². The highest BCUT2D eigenvalue weighted by Gasteiger charge is 2.53. The molecule has 0 amide bonds. The number of hydrogen-bond acceptors (Lipinski definition) is 3. The topological polar surface area (TPSA) is 27.7 Å². The monoisotopic (exact) mass is 402 g/mol. The number of benzene rings is 1. The normalized spacial score (nSPS) is 19.7. The third-order valence-electron chi connectivity index (χ3n) is 5.15. The van der Waals surface area contributed by atoms with Gasteiger partial charge in [0.2, 0.25) is 0 Å². The zero-order valence-corrected chi connectivity index (χ0v) is 17.0. The van der Waals surface area contributed by atoms with Crippen molar-refractivity contribution in [3.8, 4) is 0 Å². The fourth-order valence-electron chi connectivity index (χ4n) is 2.89. The SMILES string of the molecule is CCCOCCC(=C(F)B1OC(C)(C)C(C)(C)O1)c1ccccc1C(F)(F)F. The van der Waals surface area contributed by atoms with Crippen molar-refractivity contribution in [1.82, 2.24) is 0 Å². The van der Waals surface area contributed by atoms with Crippen LogP contribution in [-0.2, 0) is 20.2 Å². The summed E-state index contributed by atoms with van der Waals surface area (Å²) in [4.78, 5) is 0. The van der Waals surface area contributed by atoms with Crippen molar-refractivity contribution in [1.29, 1.82) is 0 Å². The van der Waals surface area contributed by atoms with E-state index in [9.17, 15) is 13.2 Å². The Morgan fingerprint density at radius 1 is 1.04 bits per heavy atom. The lowest BCUT2D eigenvalue weighted by atomic mass is 9.81. The van der Waals surface area contributed by atoms with Gasteiger partial charge in [0, 0.05) is 6.61 Å². The van der Waals surface area contributed by atoms with Gasteiger partial charge in [-0.05, 0) is 57.7 Å². The predicted molar refractivity (Wildman–Crippen MR) is 101 cm³/mol. The molecule has 0 atom stereocenters. The second-order valence-corrected chi connectivity index (χ2v) is 7.82. The van der Waals surface area contributed by atoms with E-state index in [2.05, 4.69) is 0 Å². The summed E-state index contributed by atoms with van der Waals surface area (Å²) in [6, 6.07) is 4.95. The Morgan fingerprint density at radius 2 is 1.61 bits per heavy atom. The van der Waals surface area contributed by atoms with Gasteiger partial charge in [-0.25, -0.2) is 4.39 Å². The molecule has 0 N–H and O–H groups in total. The first-order valence-electron chi connectivity index (χ1n) is 9.39. The molecule has 28 heavy (non-hydrogen) atoms. The van der Waals surface area contributed by atoms with Crippen molar-refractivity contribution in [3.63, 3.8) is 0 Å². The second-order valence-electron chi connectivity index (χ2n) is 7.82. The number of hydrogen-bond donors (Lipinski definition) is 0. The van der Waals surface area contributed by atoms with Gasteiger partial charge in [0.25, 0.3) is 0 Å². The molecule has 156 valence electrons. The standard InChI is InChI=1S/C20H27BF4O3/c1-6-12-26-13-11-15(14-9-7-8-10-16(14)20(23,24)25)17(22)21-27-18(2,3)19(4,5)28-21/h7-10H,6,11-13H2,1-5H3. The molecule has 1 aromatic rings. The van der Waals surface area contributed by atoms with Crippen LogP contribution in [0.4, 0.5) is 17.6 Å². The average Bonchev–Trinajstić information content (AvgIpc) is 2.81. The third kappa shape index (κ3) is 4.96. The molecule has 1 aliphatic heterocycles. The van der Waals surface area contributed by atoms with E-state index >= 15 is 4.39 Å². The lowest BCUT2D eigenvalue weighted by Crippen LogP contribution is -2.41. The van der Waals surface area contributed by atoms with Gasteiger partial charge < -0.3 is 14.0 Å². The van der Waals surface area contributed by atoms with Crippen LogP contribution in [0.3, 0.4) is 0 Å². The average molecular weight is 402 g/mol. The van der Waals surface area contributed by atoms with Gasteiger partial charge in [0.15, 0.2) is 0 Å². The van der Waals surface area contributed by atoms with E-state index in [-0.39, 0.29) is 24.2 Å². The summed E-state index contributed by atoms with van der Waals surface area (Å²) >= 11 is 0. The lowest BCUT2D eigenvalue weighted by molar-refractivity contribution is -0.137. The van der Waals surface area contributed by atoms with Crippen molar-refractivity contribution in [2.24, 2.45) is 0 Å². The van der Waals surface area contributed by atoms with Crippen LogP contribution in [0.5, 0.6) is 0 Å². The maximum atomic E-state index is 15.4. The van der Waals surface area contributed by atoms with E-state index in [1.807, 2.05) is 6.92 Å². The Hall–Kier alpha value is -1.38. The molecule has 1 aromatic carbocycles. The van der Waals surface area contributed by atoms with Crippen LogP contribution in [0.15, 0.2) is 30.0 Å². The molecular formula is C20H27BF4O3. The molecule has 1 aliphatic rings. The van der Waals surface area contributed by atoms with Gasteiger partial charge in [-0.2, -0.15) is 13.2 Å². The number of rotatable bonds is 7. The van der Waals surface area contributed by atoms with Crippen LogP contribution in [0.2, 0.25) is 0 Å². The maximum absolute atomic E-state index is 15.4. The van der Waals surface area contributed by atoms with E-state index in [4.69, 9.17) is 14.0 Å². The van der Waals surface area contributed by atoms with Gasteiger partial charge in [-0.3, -0.25) is 0 Å². The van der Waals surface area contributed by atoms with Crippen molar-refractivity contribution in [2.45, 2.75) is 64.8 Å². The van der Waals surface area contributed by atoms with Crippen LogP contribution in [0.25, 0.3) is 5.57 Å². The number of alkyl halides is 3. The molecule has 1 heterocycles. The Labute approximate surface area is 164 Å². The molecule has 2 rings (SSSR count). The molecule has 0 unspecified atom stereocenters. The zero-order valence-electron chi connectivity index (χ0n) is 17.0. The highest BCUT2D eigenvalue weighted by atomic mass is 19.4. The minimum absolute atomic E-state index is 0.0248. The van der Waals surface area contributed by atoms with Gasteiger partial charge in [-0.15, -0.1) is 0 Å². The molecule has 1 fully saturated rings. The van der Waals surface area contributed by atoms with Crippen molar-refractivity contribution < 1.29 is 31.6 Å². The van der Waals surface area contributed by atoms with Gasteiger partial charge >= 0.3 is 13.3 Å². The van der Waals surface area contributed by atoms with Gasteiger partial charge in [0.05, 0.1) is 23.4 Å². The molecule has 0 bridgehead atoms. The maximum Gasteiger partial charge on any atom is 0.525 e. The summed E-state index contributed by atoms with van der Waals surface area (Å²) in [5.74, 6) is 0. The van der Waals surface area contributed by atoms with Gasteiger partial charge in [0.1, 0.15) is 5.73 Å². The van der Waals surface area contributed by atoms with E-state index in [1.54, 1.807) is 27.7 Å². The quantitative estimate of drug-likeness (QED) is 0.326. The Kier molecular flexibility index (Phi) is 7.00. The molecular weight excluding hydrogens is 375 g/mol. The van der Waals surface area contributed by atoms with Crippen LogP contribution in [-0.4, -0.2) is 31.5 Å². The molecule has 0 aliphatic carbocycles. The summed E-state index contributed by atoms with van der Waals surface area (Å²) in [5.41, 5.74) is -3.68. The fourth-order valence-corrected chi connectivity index (χ4v) is 2.89. The first kappa shape index (κ1) is 22.9. The minimum atomic E-state index is -4.61. The molecule has 0 spiro atoms. The van der Waals surface area contributed by atoms with Crippen LogP contribution < -0.4 is 0 Å².